The molecule has 1 aliphatic rings. The Bertz CT molecular complexity index is 581. The summed E-state index contributed by atoms with van der Waals surface area (Å²) >= 11 is 1.52. The molecule has 7 nitrogen and oxygen atoms in total. The first kappa shape index (κ1) is 14.4. The molecule has 1 amide bonds. The van der Waals surface area contributed by atoms with Gasteiger partial charge in [-0.2, -0.15) is 0 Å². The van der Waals surface area contributed by atoms with Crippen LogP contribution in [0.4, 0.5) is 0 Å². The van der Waals surface area contributed by atoms with Gasteiger partial charge in [-0.05, 0) is 20.8 Å². The van der Waals surface area contributed by atoms with Crippen molar-refractivity contribution in [3.8, 4) is 0 Å². The van der Waals surface area contributed by atoms with Gasteiger partial charge in [-0.3, -0.25) is 4.79 Å². The van der Waals surface area contributed by atoms with Crippen LogP contribution in [0.1, 0.15) is 35.0 Å². The quantitative estimate of drug-likeness (QED) is 0.868. The molecule has 2 rings (SSSR count). The number of carbonyl (C=O) groups is 2. The molecule has 0 aliphatic carbocycles. The monoisotopic (exact) mass is 297 g/mol. The molecular formula is C12H15N3O4S. The number of amides is 1. The second-order valence-corrected chi connectivity index (χ2v) is 5.79. The molecule has 1 aromatic heterocycles. The molecule has 1 aliphatic heterocycles. The number of rotatable bonds is 4. The standard InChI is InChI=1S/C12H15N3O4S/c1-5-10(20-7(3)13-5)6(2)14-11(16)9-4-8(12(17)18)15-19-9/h6,9H,4H2,1-3H3,(H,14,16)(H,17,18). The van der Waals surface area contributed by atoms with Gasteiger partial charge in [0.25, 0.3) is 5.91 Å². The van der Waals surface area contributed by atoms with E-state index in [9.17, 15) is 9.59 Å². The number of carboxylic acid groups (broad SMARTS) is 1. The average molecular weight is 297 g/mol. The predicted molar refractivity (Wildman–Crippen MR) is 72.7 cm³/mol. The van der Waals surface area contributed by atoms with Crippen molar-refractivity contribution in [2.75, 3.05) is 0 Å². The number of aliphatic carboxylic acids is 1. The Labute approximate surface area is 119 Å². The van der Waals surface area contributed by atoms with Crippen LogP contribution >= 0.6 is 11.3 Å². The van der Waals surface area contributed by atoms with E-state index >= 15 is 0 Å². The van der Waals surface area contributed by atoms with Crippen LogP contribution in [0, 0.1) is 13.8 Å². The Morgan fingerprint density at radius 2 is 2.20 bits per heavy atom. The van der Waals surface area contributed by atoms with Crippen LogP contribution in [0.25, 0.3) is 0 Å². The van der Waals surface area contributed by atoms with Gasteiger partial charge in [0.15, 0.2) is 5.71 Å². The topological polar surface area (TPSA) is 101 Å². The number of carbonyl (C=O) groups excluding carboxylic acids is 1. The number of oxime groups is 1. The lowest BCUT2D eigenvalue weighted by atomic mass is 10.1. The maximum atomic E-state index is 12.0. The summed E-state index contributed by atoms with van der Waals surface area (Å²) < 4.78 is 0. The molecule has 20 heavy (non-hydrogen) atoms. The van der Waals surface area contributed by atoms with Crippen molar-refractivity contribution in [2.45, 2.75) is 39.3 Å². The van der Waals surface area contributed by atoms with Crippen LogP contribution in [-0.2, 0) is 14.4 Å². The molecule has 0 saturated carbocycles. The molecule has 108 valence electrons. The third-order valence-electron chi connectivity index (χ3n) is 2.90. The minimum Gasteiger partial charge on any atom is -0.477 e. The molecule has 2 atom stereocenters. The summed E-state index contributed by atoms with van der Waals surface area (Å²) in [7, 11) is 0. The highest BCUT2D eigenvalue weighted by atomic mass is 32.1. The van der Waals surface area contributed by atoms with Crippen LogP contribution in [0.3, 0.4) is 0 Å². The van der Waals surface area contributed by atoms with Gasteiger partial charge in [0.1, 0.15) is 0 Å². The second kappa shape index (κ2) is 5.58. The van der Waals surface area contributed by atoms with Crippen LogP contribution in [0.2, 0.25) is 0 Å². The fourth-order valence-electron chi connectivity index (χ4n) is 1.96. The molecule has 2 N–H and O–H groups in total. The molecule has 0 bridgehead atoms. The van der Waals surface area contributed by atoms with E-state index in [1.54, 1.807) is 0 Å². The van der Waals surface area contributed by atoms with Crippen LogP contribution in [-0.4, -0.2) is 33.8 Å². The Morgan fingerprint density at radius 1 is 1.50 bits per heavy atom. The van der Waals surface area contributed by atoms with Crippen LogP contribution < -0.4 is 5.32 Å². The number of nitrogens with one attached hydrogen (secondary N) is 1. The van der Waals surface area contributed by atoms with Gasteiger partial charge in [0.05, 0.1) is 16.7 Å². The Morgan fingerprint density at radius 3 is 2.70 bits per heavy atom. The number of aromatic nitrogens is 1. The summed E-state index contributed by atoms with van der Waals surface area (Å²) in [4.78, 5) is 32.8. The largest absolute Gasteiger partial charge is 0.477 e. The van der Waals surface area contributed by atoms with Crippen molar-refractivity contribution in [2.24, 2.45) is 5.16 Å². The Balaban J connectivity index is 1.96. The maximum absolute atomic E-state index is 12.0. The first-order valence-corrected chi connectivity index (χ1v) is 6.90. The fourth-order valence-corrected chi connectivity index (χ4v) is 2.89. The Kier molecular flexibility index (Phi) is 4.03. The van der Waals surface area contributed by atoms with E-state index < -0.39 is 12.1 Å². The summed E-state index contributed by atoms with van der Waals surface area (Å²) in [6.07, 6.45) is -0.896. The molecule has 2 heterocycles. The number of nitrogens with zero attached hydrogens (tertiary/aromatic N) is 2. The van der Waals surface area contributed by atoms with Crippen molar-refractivity contribution < 1.29 is 19.5 Å². The van der Waals surface area contributed by atoms with E-state index in [-0.39, 0.29) is 24.1 Å². The predicted octanol–water partition coefficient (Wildman–Crippen LogP) is 1.17. The van der Waals surface area contributed by atoms with E-state index in [0.29, 0.717) is 0 Å². The number of thiazole rings is 1. The lowest BCUT2D eigenvalue weighted by Gasteiger charge is -2.15. The zero-order valence-electron chi connectivity index (χ0n) is 11.3. The molecule has 0 fully saturated rings. The van der Waals surface area contributed by atoms with Crippen molar-refractivity contribution >= 4 is 28.9 Å². The highest BCUT2D eigenvalue weighted by Crippen LogP contribution is 2.24. The maximum Gasteiger partial charge on any atom is 0.353 e. The van der Waals surface area contributed by atoms with E-state index in [4.69, 9.17) is 9.94 Å². The lowest BCUT2D eigenvalue weighted by molar-refractivity contribution is -0.131. The van der Waals surface area contributed by atoms with Crippen molar-refractivity contribution in [1.82, 2.24) is 10.3 Å². The molecule has 1 aromatic rings. The highest BCUT2D eigenvalue weighted by Gasteiger charge is 2.32. The van der Waals surface area contributed by atoms with Gasteiger partial charge in [-0.15, -0.1) is 11.3 Å². The van der Waals surface area contributed by atoms with E-state index in [2.05, 4.69) is 15.5 Å². The summed E-state index contributed by atoms with van der Waals surface area (Å²) in [6, 6.07) is -0.203. The summed E-state index contributed by atoms with van der Waals surface area (Å²) in [5.41, 5.74) is 0.748. The van der Waals surface area contributed by atoms with Crippen molar-refractivity contribution in [3.05, 3.63) is 15.6 Å². The molecule has 0 radical (unpaired) electrons. The van der Waals surface area contributed by atoms with E-state index in [1.165, 1.54) is 11.3 Å². The molecule has 2 unspecified atom stereocenters. The van der Waals surface area contributed by atoms with Gasteiger partial charge in [0.2, 0.25) is 6.10 Å². The number of hydrogen-bond acceptors (Lipinski definition) is 6. The Hall–Kier alpha value is -1.96. The fraction of sp³-hybridized carbons (Fsp3) is 0.500. The smallest absolute Gasteiger partial charge is 0.353 e. The van der Waals surface area contributed by atoms with Crippen LogP contribution in [0.5, 0.6) is 0 Å². The summed E-state index contributed by atoms with van der Waals surface area (Å²) in [6.45, 7) is 5.65. The van der Waals surface area contributed by atoms with Crippen LogP contribution in [0.15, 0.2) is 5.16 Å². The number of hydrogen-bond donors (Lipinski definition) is 2. The summed E-state index contributed by atoms with van der Waals surface area (Å²) in [5.74, 6) is -1.54. The molecular weight excluding hydrogens is 282 g/mol. The molecule has 0 aromatic carbocycles. The average Bonchev–Trinajstić information content (AvgIpc) is 2.95. The van der Waals surface area contributed by atoms with E-state index in [0.717, 1.165) is 15.6 Å². The zero-order chi connectivity index (χ0) is 14.9. The summed E-state index contributed by atoms with van der Waals surface area (Å²) in [5, 5.41) is 15.9. The second-order valence-electron chi connectivity index (χ2n) is 4.55. The molecule has 8 heteroatoms. The number of aryl methyl sites for hydroxylation is 2. The van der Waals surface area contributed by atoms with Gasteiger partial charge < -0.3 is 15.3 Å². The molecule has 0 saturated heterocycles. The first-order chi connectivity index (χ1) is 9.38. The number of carboxylic acids is 1. The third-order valence-corrected chi connectivity index (χ3v) is 4.16. The van der Waals surface area contributed by atoms with Gasteiger partial charge in [-0.1, -0.05) is 5.16 Å². The van der Waals surface area contributed by atoms with Crippen molar-refractivity contribution in [1.29, 1.82) is 0 Å². The minimum atomic E-state index is -1.16. The zero-order valence-corrected chi connectivity index (χ0v) is 12.2. The normalized spacial score (nSPS) is 19.1. The van der Waals surface area contributed by atoms with Gasteiger partial charge >= 0.3 is 5.97 Å². The molecule has 0 spiro atoms. The first-order valence-electron chi connectivity index (χ1n) is 6.08. The van der Waals surface area contributed by atoms with Gasteiger partial charge in [0, 0.05) is 11.3 Å². The highest BCUT2D eigenvalue weighted by molar-refractivity contribution is 7.11. The minimum absolute atomic E-state index is 0.0193. The third kappa shape index (κ3) is 2.96. The SMILES string of the molecule is Cc1nc(C)c(C(C)NC(=O)C2CC(C(=O)O)=NO2)s1. The van der Waals surface area contributed by atoms with Crippen molar-refractivity contribution in [3.63, 3.8) is 0 Å². The lowest BCUT2D eigenvalue weighted by Crippen LogP contribution is -2.36. The van der Waals surface area contributed by atoms with Gasteiger partial charge in [-0.25, -0.2) is 9.78 Å². The van der Waals surface area contributed by atoms with E-state index in [1.807, 2.05) is 20.8 Å².